The number of likely N-dealkylation sites (N-methyl/N-ethyl adjacent to an activating group) is 1. The van der Waals surface area contributed by atoms with Crippen molar-refractivity contribution in [2.24, 2.45) is 0 Å². The van der Waals surface area contributed by atoms with Crippen LogP contribution < -0.4 is 15.0 Å². The van der Waals surface area contributed by atoms with Crippen molar-refractivity contribution in [2.45, 2.75) is 12.6 Å². The normalized spacial score (nSPS) is 12.2. The summed E-state index contributed by atoms with van der Waals surface area (Å²) in [4.78, 5) is 19.6. The van der Waals surface area contributed by atoms with Gasteiger partial charge in [0.2, 0.25) is 0 Å². The van der Waals surface area contributed by atoms with Gasteiger partial charge in [0.05, 0.1) is 31.2 Å². The molecule has 154 valence electrons. The van der Waals surface area contributed by atoms with Gasteiger partial charge in [0, 0.05) is 18.0 Å². The molecule has 6 nitrogen and oxygen atoms in total. The Morgan fingerprint density at radius 3 is 2.70 bits per heavy atom. The molecule has 0 unspecified atom stereocenters. The number of imidazole rings is 1. The van der Waals surface area contributed by atoms with E-state index in [1.165, 1.54) is 9.78 Å². The highest BCUT2D eigenvalue weighted by Crippen LogP contribution is 2.17. The summed E-state index contributed by atoms with van der Waals surface area (Å²) in [6, 6.07) is 17.5. The highest BCUT2D eigenvalue weighted by atomic mass is 32.1. The third-order valence-electron chi connectivity index (χ3n) is 4.97. The topological polar surface area (TPSA) is 60.1 Å². The van der Waals surface area contributed by atoms with Crippen molar-refractivity contribution in [2.75, 3.05) is 20.6 Å². The Balaban J connectivity index is 1.32. The Labute approximate surface area is 179 Å². The highest BCUT2D eigenvalue weighted by molar-refractivity contribution is 7.10. The molecule has 30 heavy (non-hydrogen) atoms. The molecule has 4 rings (SSSR count). The summed E-state index contributed by atoms with van der Waals surface area (Å²) in [6.45, 7) is 0.967. The van der Waals surface area contributed by atoms with E-state index in [-0.39, 0.29) is 11.9 Å². The van der Waals surface area contributed by atoms with Gasteiger partial charge >= 0.3 is 0 Å². The molecule has 4 aromatic rings. The second kappa shape index (κ2) is 9.11. The molecule has 1 atom stereocenters. The zero-order chi connectivity index (χ0) is 20.9. The van der Waals surface area contributed by atoms with Crippen LogP contribution in [0.4, 0.5) is 0 Å². The van der Waals surface area contributed by atoms with Crippen LogP contribution in [-0.4, -0.2) is 35.9 Å². The predicted molar refractivity (Wildman–Crippen MR) is 118 cm³/mol. The van der Waals surface area contributed by atoms with Crippen molar-refractivity contribution in [1.82, 2.24) is 14.7 Å². The van der Waals surface area contributed by atoms with E-state index in [2.05, 4.69) is 35.8 Å². The lowest BCUT2D eigenvalue weighted by molar-refractivity contribution is -0.890. The Kier molecular flexibility index (Phi) is 6.11. The minimum absolute atomic E-state index is 0.0790. The van der Waals surface area contributed by atoms with Crippen LogP contribution in [0.3, 0.4) is 0 Å². The molecule has 0 aliphatic carbocycles. The number of hydrogen-bond acceptors (Lipinski definition) is 4. The first-order valence-corrected chi connectivity index (χ1v) is 10.8. The fraction of sp³-hybridized carbons (Fsp3) is 0.217. The van der Waals surface area contributed by atoms with Gasteiger partial charge in [-0.15, -0.1) is 11.3 Å². The largest absolute Gasteiger partial charge is 0.487 e. The van der Waals surface area contributed by atoms with Gasteiger partial charge in [-0.05, 0) is 47.8 Å². The van der Waals surface area contributed by atoms with Crippen molar-refractivity contribution in [1.29, 1.82) is 0 Å². The molecule has 1 amide bonds. The number of nitrogens with zero attached hydrogens (tertiary/aromatic N) is 2. The Morgan fingerprint density at radius 2 is 2.00 bits per heavy atom. The first kappa shape index (κ1) is 20.1. The monoisotopic (exact) mass is 421 g/mol. The van der Waals surface area contributed by atoms with Gasteiger partial charge in [0.1, 0.15) is 24.0 Å². The maximum absolute atomic E-state index is 12.6. The number of carbonyl (C=O) groups is 1. The fourth-order valence-corrected chi connectivity index (χ4v) is 4.25. The smallest absolute Gasteiger partial charge is 0.251 e. The Morgan fingerprint density at radius 1 is 1.17 bits per heavy atom. The lowest BCUT2D eigenvalue weighted by atomic mass is 10.2. The number of amides is 1. The lowest BCUT2D eigenvalue weighted by Gasteiger charge is -2.20. The summed E-state index contributed by atoms with van der Waals surface area (Å²) in [5.74, 6) is 0.627. The van der Waals surface area contributed by atoms with E-state index in [0.717, 1.165) is 11.3 Å². The van der Waals surface area contributed by atoms with Crippen LogP contribution in [-0.2, 0) is 6.61 Å². The molecule has 0 aliphatic heterocycles. The SMILES string of the molecule is C[NH+](C)[C@@H](CNC(=O)c1ccc(OCc2cn3ccccc3n2)cc1)c1cccs1. The average Bonchev–Trinajstić information content (AvgIpc) is 3.42. The van der Waals surface area contributed by atoms with Crippen molar-refractivity contribution in [3.63, 3.8) is 0 Å². The van der Waals surface area contributed by atoms with Gasteiger partial charge < -0.3 is 19.4 Å². The number of aromatic nitrogens is 2. The van der Waals surface area contributed by atoms with Crippen molar-refractivity contribution in [3.05, 3.63) is 88.5 Å². The number of quaternary nitrogens is 1. The summed E-state index contributed by atoms with van der Waals surface area (Å²) in [5, 5.41) is 5.12. The second-order valence-corrected chi connectivity index (χ2v) is 8.35. The molecular weight excluding hydrogens is 396 g/mol. The second-order valence-electron chi connectivity index (χ2n) is 7.37. The predicted octanol–water partition coefficient (Wildman–Crippen LogP) is 2.59. The van der Waals surface area contributed by atoms with Crippen LogP contribution in [0.2, 0.25) is 0 Å². The molecule has 3 aromatic heterocycles. The van der Waals surface area contributed by atoms with Crippen molar-refractivity contribution >= 4 is 22.9 Å². The number of benzene rings is 1. The van der Waals surface area contributed by atoms with Crippen LogP contribution in [0.1, 0.15) is 27.0 Å². The molecule has 3 heterocycles. The molecule has 7 heteroatoms. The van der Waals surface area contributed by atoms with Crippen molar-refractivity contribution in [3.8, 4) is 5.75 Å². The third kappa shape index (κ3) is 4.69. The van der Waals surface area contributed by atoms with Gasteiger partial charge in [0.15, 0.2) is 0 Å². The van der Waals surface area contributed by atoms with E-state index >= 15 is 0 Å². The molecule has 0 spiro atoms. The Bertz CT molecular complexity index is 1070. The van der Waals surface area contributed by atoms with E-state index in [1.54, 1.807) is 23.5 Å². The quantitative estimate of drug-likeness (QED) is 0.460. The van der Waals surface area contributed by atoms with Crippen LogP contribution >= 0.6 is 11.3 Å². The summed E-state index contributed by atoms with van der Waals surface area (Å²) in [7, 11) is 4.21. The summed E-state index contributed by atoms with van der Waals surface area (Å²) >= 11 is 1.72. The zero-order valence-corrected chi connectivity index (χ0v) is 17.9. The zero-order valence-electron chi connectivity index (χ0n) is 17.0. The van der Waals surface area contributed by atoms with Crippen molar-refractivity contribution < 1.29 is 14.4 Å². The minimum atomic E-state index is -0.0790. The minimum Gasteiger partial charge on any atom is -0.487 e. The lowest BCUT2D eigenvalue weighted by Crippen LogP contribution is -3.06. The standard InChI is InChI=1S/C23H24N4O2S/c1-26(2)20(21-6-5-13-30-21)14-24-23(28)17-8-10-19(11-9-17)29-16-18-15-27-12-4-3-7-22(27)25-18/h3-13,15,20H,14,16H2,1-2H3,(H,24,28)/p+1/t20-/m0/s1. The number of rotatable bonds is 8. The first-order chi connectivity index (χ1) is 14.6. The number of pyridine rings is 1. The van der Waals surface area contributed by atoms with Gasteiger partial charge in [-0.25, -0.2) is 4.98 Å². The van der Waals surface area contributed by atoms with E-state index in [1.807, 2.05) is 53.2 Å². The number of thiophene rings is 1. The molecule has 0 aliphatic rings. The van der Waals surface area contributed by atoms with E-state index in [0.29, 0.717) is 24.5 Å². The molecule has 2 N–H and O–H groups in total. The van der Waals surface area contributed by atoms with E-state index < -0.39 is 0 Å². The number of hydrogen-bond donors (Lipinski definition) is 2. The summed E-state index contributed by atoms with van der Waals surface area (Å²) in [5.41, 5.74) is 2.37. The number of nitrogens with one attached hydrogen (secondary N) is 2. The maximum Gasteiger partial charge on any atom is 0.251 e. The van der Waals surface area contributed by atoms with E-state index in [9.17, 15) is 4.79 Å². The third-order valence-corrected chi connectivity index (χ3v) is 5.95. The average molecular weight is 422 g/mol. The first-order valence-electron chi connectivity index (χ1n) is 9.87. The molecular formula is C23H25N4O2S+. The Hall–Kier alpha value is -3.16. The number of fused-ring (bicyclic) bond motifs is 1. The maximum atomic E-state index is 12.6. The molecule has 0 saturated heterocycles. The molecule has 0 fully saturated rings. The van der Waals surface area contributed by atoms with Crippen LogP contribution in [0.5, 0.6) is 5.75 Å². The fourth-order valence-electron chi connectivity index (χ4n) is 3.29. The number of ether oxygens (including phenoxy) is 1. The van der Waals surface area contributed by atoms with Crippen LogP contribution in [0.15, 0.2) is 72.4 Å². The molecule has 0 saturated carbocycles. The molecule has 0 radical (unpaired) electrons. The van der Waals surface area contributed by atoms with E-state index in [4.69, 9.17) is 4.74 Å². The molecule has 0 bridgehead atoms. The highest BCUT2D eigenvalue weighted by Gasteiger charge is 2.20. The number of carbonyl (C=O) groups excluding carboxylic acids is 1. The van der Waals surface area contributed by atoms with Crippen LogP contribution in [0.25, 0.3) is 5.65 Å². The summed E-state index contributed by atoms with van der Waals surface area (Å²) < 4.78 is 7.79. The van der Waals surface area contributed by atoms with Gasteiger partial charge in [-0.2, -0.15) is 0 Å². The van der Waals surface area contributed by atoms with Gasteiger partial charge in [-0.3, -0.25) is 4.79 Å². The van der Waals surface area contributed by atoms with Crippen LogP contribution in [0, 0.1) is 0 Å². The van der Waals surface area contributed by atoms with Gasteiger partial charge in [-0.1, -0.05) is 12.1 Å². The van der Waals surface area contributed by atoms with Gasteiger partial charge in [0.25, 0.3) is 5.91 Å². The molecule has 1 aromatic carbocycles. The summed E-state index contributed by atoms with van der Waals surface area (Å²) in [6.07, 6.45) is 3.91.